The van der Waals surface area contributed by atoms with E-state index in [0.29, 0.717) is 5.39 Å². The summed E-state index contributed by atoms with van der Waals surface area (Å²) < 4.78 is 30.0. The third-order valence-electron chi connectivity index (χ3n) is 2.34. The molecule has 16 heavy (non-hydrogen) atoms. The van der Waals surface area contributed by atoms with E-state index in [1.807, 2.05) is 0 Å². The number of alkyl halides is 2. The lowest BCUT2D eigenvalue weighted by atomic mass is 10.1. The van der Waals surface area contributed by atoms with Gasteiger partial charge in [0.25, 0.3) is 0 Å². The fraction of sp³-hybridized carbons (Fsp3) is 0.182. The minimum absolute atomic E-state index is 0.0194. The summed E-state index contributed by atoms with van der Waals surface area (Å²) in [4.78, 5) is 11.0. The van der Waals surface area contributed by atoms with Crippen LogP contribution >= 0.6 is 0 Å². The molecule has 0 radical (unpaired) electrons. The fourth-order valence-corrected chi connectivity index (χ4v) is 1.56. The Morgan fingerprint density at radius 2 is 2.00 bits per heavy atom. The van der Waals surface area contributed by atoms with Gasteiger partial charge in [-0.15, -0.1) is 0 Å². The van der Waals surface area contributed by atoms with E-state index < -0.39 is 24.7 Å². The first kappa shape index (κ1) is 10.6. The molecule has 0 saturated carbocycles. The molecule has 5 heteroatoms. The van der Waals surface area contributed by atoms with Crippen LogP contribution in [0, 0.1) is 0 Å². The van der Waals surface area contributed by atoms with Crippen molar-refractivity contribution >= 4 is 11.0 Å². The quantitative estimate of drug-likeness (QED) is 0.800. The first-order valence-corrected chi connectivity index (χ1v) is 4.57. The lowest BCUT2D eigenvalue weighted by molar-refractivity contribution is 0.407. The molecular formula is C11H8F2O3. The molecule has 0 aliphatic heterocycles. The normalized spacial score (nSPS) is 10.9. The maximum absolute atomic E-state index is 12.7. The van der Waals surface area contributed by atoms with Gasteiger partial charge in [-0.05, 0) is 12.1 Å². The zero-order chi connectivity index (χ0) is 11.7. The number of halogens is 2. The van der Waals surface area contributed by atoms with Crippen molar-refractivity contribution in [1.29, 1.82) is 0 Å². The second-order valence-electron chi connectivity index (χ2n) is 3.30. The molecule has 0 atom stereocenters. The molecule has 1 heterocycles. The van der Waals surface area contributed by atoms with Crippen LogP contribution in [0.4, 0.5) is 8.78 Å². The first-order chi connectivity index (χ1) is 7.67. The monoisotopic (exact) mass is 226 g/mol. The van der Waals surface area contributed by atoms with Gasteiger partial charge in [0, 0.05) is 17.0 Å². The van der Waals surface area contributed by atoms with Crippen molar-refractivity contribution in [1.82, 2.24) is 0 Å². The van der Waals surface area contributed by atoms with E-state index in [1.54, 1.807) is 0 Å². The highest BCUT2D eigenvalue weighted by Crippen LogP contribution is 2.31. The number of aromatic hydroxyl groups is 1. The van der Waals surface area contributed by atoms with Crippen LogP contribution in [0.15, 0.2) is 27.4 Å². The Morgan fingerprint density at radius 1 is 1.25 bits per heavy atom. The van der Waals surface area contributed by atoms with Gasteiger partial charge in [-0.1, -0.05) is 0 Å². The largest absolute Gasteiger partial charge is 0.507 e. The van der Waals surface area contributed by atoms with Crippen molar-refractivity contribution in [3.63, 3.8) is 0 Å². The van der Waals surface area contributed by atoms with Crippen molar-refractivity contribution in [3.8, 4) is 5.75 Å². The molecule has 2 aromatic rings. The predicted molar refractivity (Wildman–Crippen MR) is 53.8 cm³/mol. The Balaban J connectivity index is 2.90. The molecule has 0 aliphatic rings. The molecular weight excluding hydrogens is 218 g/mol. The third kappa shape index (κ3) is 1.54. The van der Waals surface area contributed by atoms with Crippen LogP contribution in [0.5, 0.6) is 5.75 Å². The van der Waals surface area contributed by atoms with E-state index in [9.17, 15) is 18.7 Å². The van der Waals surface area contributed by atoms with Crippen molar-refractivity contribution in [2.75, 3.05) is 0 Å². The van der Waals surface area contributed by atoms with Crippen LogP contribution in [0.2, 0.25) is 0 Å². The number of benzene rings is 1. The lowest BCUT2D eigenvalue weighted by Gasteiger charge is -2.07. The van der Waals surface area contributed by atoms with E-state index in [-0.39, 0.29) is 16.7 Å². The Morgan fingerprint density at radius 3 is 2.62 bits per heavy atom. The molecule has 0 bridgehead atoms. The Labute approximate surface area is 88.9 Å². The molecule has 1 aromatic carbocycles. The molecule has 0 unspecified atom stereocenters. The van der Waals surface area contributed by atoms with Gasteiger partial charge in [-0.3, -0.25) is 0 Å². The molecule has 0 spiro atoms. The van der Waals surface area contributed by atoms with Gasteiger partial charge < -0.3 is 9.52 Å². The maximum Gasteiger partial charge on any atom is 0.336 e. The average Bonchev–Trinajstić information content (AvgIpc) is 2.28. The summed E-state index contributed by atoms with van der Waals surface area (Å²) in [7, 11) is 0. The van der Waals surface area contributed by atoms with Crippen LogP contribution in [-0.4, -0.2) is 5.11 Å². The van der Waals surface area contributed by atoms with E-state index in [0.717, 1.165) is 6.07 Å². The summed E-state index contributed by atoms with van der Waals surface area (Å²) in [6, 6.07) is 3.88. The SMILES string of the molecule is O=c1ccc2cc(CF)c(O)c(CF)c2o1. The average molecular weight is 226 g/mol. The van der Waals surface area contributed by atoms with Gasteiger partial charge >= 0.3 is 5.63 Å². The number of phenols is 1. The highest BCUT2D eigenvalue weighted by atomic mass is 19.1. The van der Waals surface area contributed by atoms with E-state index in [1.165, 1.54) is 12.1 Å². The summed E-state index contributed by atoms with van der Waals surface area (Å²) >= 11 is 0. The third-order valence-corrected chi connectivity index (χ3v) is 2.34. The molecule has 0 fully saturated rings. The van der Waals surface area contributed by atoms with Crippen LogP contribution in [0.3, 0.4) is 0 Å². The van der Waals surface area contributed by atoms with Crippen LogP contribution < -0.4 is 5.63 Å². The van der Waals surface area contributed by atoms with Gasteiger partial charge in [0.1, 0.15) is 24.7 Å². The number of phenolic OH excluding ortho intramolecular Hbond substituents is 1. The molecule has 84 valence electrons. The Hall–Kier alpha value is -1.91. The highest BCUT2D eigenvalue weighted by molar-refractivity contribution is 5.83. The topological polar surface area (TPSA) is 50.4 Å². The minimum atomic E-state index is -1.02. The summed E-state index contributed by atoms with van der Waals surface area (Å²) in [5, 5.41) is 9.92. The van der Waals surface area contributed by atoms with Gasteiger partial charge in [0.05, 0.1) is 5.56 Å². The summed E-state index contributed by atoms with van der Waals surface area (Å²) in [5.41, 5.74) is -0.892. The smallest absolute Gasteiger partial charge is 0.336 e. The maximum atomic E-state index is 12.7. The van der Waals surface area contributed by atoms with Crippen molar-refractivity contribution in [2.24, 2.45) is 0 Å². The molecule has 1 N–H and O–H groups in total. The van der Waals surface area contributed by atoms with Crippen LogP contribution in [-0.2, 0) is 13.3 Å². The van der Waals surface area contributed by atoms with E-state index >= 15 is 0 Å². The Kier molecular flexibility index (Phi) is 2.60. The summed E-state index contributed by atoms with van der Waals surface area (Å²) in [6.07, 6.45) is 0. The van der Waals surface area contributed by atoms with Crippen molar-refractivity contribution < 1.29 is 18.3 Å². The lowest BCUT2D eigenvalue weighted by Crippen LogP contribution is -1.98. The standard InChI is InChI=1S/C11H8F2O3/c12-4-7-3-6-1-2-9(14)16-11(6)8(5-13)10(7)15/h1-3,15H,4-5H2. The van der Waals surface area contributed by atoms with Crippen LogP contribution in [0.25, 0.3) is 11.0 Å². The van der Waals surface area contributed by atoms with Crippen molar-refractivity contribution in [3.05, 3.63) is 39.7 Å². The van der Waals surface area contributed by atoms with Gasteiger partial charge in [0.15, 0.2) is 0 Å². The Bertz CT molecular complexity index is 590. The zero-order valence-electron chi connectivity index (χ0n) is 8.17. The zero-order valence-corrected chi connectivity index (χ0v) is 8.17. The van der Waals surface area contributed by atoms with Gasteiger partial charge in [0.2, 0.25) is 0 Å². The van der Waals surface area contributed by atoms with Gasteiger partial charge in [-0.25, -0.2) is 13.6 Å². The number of fused-ring (bicyclic) bond motifs is 1. The second kappa shape index (κ2) is 3.92. The molecule has 1 aromatic heterocycles. The van der Waals surface area contributed by atoms with Crippen molar-refractivity contribution in [2.45, 2.75) is 13.3 Å². The minimum Gasteiger partial charge on any atom is -0.507 e. The molecule has 3 nitrogen and oxygen atoms in total. The van der Waals surface area contributed by atoms with Gasteiger partial charge in [-0.2, -0.15) is 0 Å². The summed E-state index contributed by atoms with van der Waals surface area (Å²) in [6.45, 7) is -1.93. The van der Waals surface area contributed by atoms with E-state index in [4.69, 9.17) is 4.42 Å². The second-order valence-corrected chi connectivity index (χ2v) is 3.30. The van der Waals surface area contributed by atoms with E-state index in [2.05, 4.69) is 0 Å². The molecule has 0 amide bonds. The molecule has 0 aliphatic carbocycles. The predicted octanol–water partition coefficient (Wildman–Crippen LogP) is 2.44. The fourth-order valence-electron chi connectivity index (χ4n) is 1.56. The summed E-state index contributed by atoms with van der Waals surface area (Å²) in [5.74, 6) is -0.494. The number of hydrogen-bond acceptors (Lipinski definition) is 3. The highest BCUT2D eigenvalue weighted by Gasteiger charge is 2.14. The number of rotatable bonds is 2. The first-order valence-electron chi connectivity index (χ1n) is 4.57. The number of hydrogen-bond donors (Lipinski definition) is 1. The molecule has 0 saturated heterocycles. The molecule has 2 rings (SSSR count). The van der Waals surface area contributed by atoms with Crippen LogP contribution in [0.1, 0.15) is 11.1 Å².